The number of rotatable bonds is 4. The molecule has 0 unspecified atom stereocenters. The minimum absolute atomic E-state index is 0.0466. The van der Waals surface area contributed by atoms with E-state index in [9.17, 15) is 9.59 Å². The summed E-state index contributed by atoms with van der Waals surface area (Å²) in [5.41, 5.74) is 5.09. The first-order valence-electron chi connectivity index (χ1n) is 10.7. The SMILES string of the molecule is CC(=O)O[C@@H](C(=O)N1c2ccc(C)cc2[C@H](c2ccccc2)C[C@H]1C)c1ccccc1. The molecule has 1 amide bonds. The number of anilines is 1. The lowest BCUT2D eigenvalue weighted by molar-refractivity contribution is -0.153. The van der Waals surface area contributed by atoms with Crippen LogP contribution in [0.15, 0.2) is 78.9 Å². The average molecular weight is 414 g/mol. The zero-order chi connectivity index (χ0) is 22.0. The van der Waals surface area contributed by atoms with Gasteiger partial charge in [-0.3, -0.25) is 9.59 Å². The predicted octanol–water partition coefficient (Wildman–Crippen LogP) is 5.56. The summed E-state index contributed by atoms with van der Waals surface area (Å²) >= 11 is 0. The molecule has 0 saturated heterocycles. The monoisotopic (exact) mass is 413 g/mol. The van der Waals surface area contributed by atoms with Gasteiger partial charge < -0.3 is 9.64 Å². The molecule has 0 radical (unpaired) electrons. The molecule has 158 valence electrons. The van der Waals surface area contributed by atoms with E-state index < -0.39 is 12.1 Å². The summed E-state index contributed by atoms with van der Waals surface area (Å²) < 4.78 is 5.52. The number of nitrogens with zero attached hydrogens (tertiary/aromatic N) is 1. The zero-order valence-electron chi connectivity index (χ0n) is 18.1. The van der Waals surface area contributed by atoms with E-state index in [1.165, 1.54) is 12.5 Å². The first-order chi connectivity index (χ1) is 15.0. The molecule has 4 rings (SSSR count). The molecule has 0 N–H and O–H groups in total. The highest BCUT2D eigenvalue weighted by Crippen LogP contribution is 2.43. The Hall–Kier alpha value is -3.40. The van der Waals surface area contributed by atoms with E-state index in [1.807, 2.05) is 53.4 Å². The number of hydrogen-bond acceptors (Lipinski definition) is 3. The summed E-state index contributed by atoms with van der Waals surface area (Å²) in [6.45, 7) is 5.47. The number of amides is 1. The first-order valence-corrected chi connectivity index (χ1v) is 10.7. The molecule has 31 heavy (non-hydrogen) atoms. The standard InChI is InChI=1S/C27H27NO3/c1-18-14-15-25-24(16-18)23(21-10-6-4-7-11-21)17-19(2)28(25)27(30)26(31-20(3)29)22-12-8-5-9-13-22/h4-16,19,23,26H,17H2,1-3H3/t19-,23+,26-/m1/s1. The fourth-order valence-electron chi connectivity index (χ4n) is 4.50. The number of carbonyl (C=O) groups is 2. The molecule has 1 aliphatic heterocycles. The van der Waals surface area contributed by atoms with Gasteiger partial charge >= 0.3 is 5.97 Å². The van der Waals surface area contributed by atoms with Gasteiger partial charge in [-0.1, -0.05) is 78.4 Å². The molecular formula is C27H27NO3. The van der Waals surface area contributed by atoms with Crippen molar-refractivity contribution < 1.29 is 14.3 Å². The van der Waals surface area contributed by atoms with Crippen molar-refractivity contribution in [3.05, 3.63) is 101 Å². The summed E-state index contributed by atoms with van der Waals surface area (Å²) in [6, 6.07) is 25.8. The summed E-state index contributed by atoms with van der Waals surface area (Å²) in [6.07, 6.45) is -0.170. The van der Waals surface area contributed by atoms with Crippen molar-refractivity contribution in [1.82, 2.24) is 0 Å². The van der Waals surface area contributed by atoms with Gasteiger partial charge in [-0.15, -0.1) is 0 Å². The van der Waals surface area contributed by atoms with Crippen LogP contribution < -0.4 is 4.90 Å². The Kier molecular flexibility index (Phi) is 5.90. The minimum Gasteiger partial charge on any atom is -0.447 e. The van der Waals surface area contributed by atoms with Crippen LogP contribution in [0.1, 0.15) is 54.5 Å². The second-order valence-corrected chi connectivity index (χ2v) is 8.22. The van der Waals surface area contributed by atoms with Crippen molar-refractivity contribution in [3.8, 4) is 0 Å². The highest BCUT2D eigenvalue weighted by Gasteiger charge is 2.38. The quantitative estimate of drug-likeness (QED) is 0.526. The molecule has 0 aromatic heterocycles. The molecule has 1 heterocycles. The molecule has 0 spiro atoms. The summed E-state index contributed by atoms with van der Waals surface area (Å²) in [5, 5.41) is 0. The van der Waals surface area contributed by atoms with Crippen LogP contribution in [0.3, 0.4) is 0 Å². The predicted molar refractivity (Wildman–Crippen MR) is 122 cm³/mol. The van der Waals surface area contributed by atoms with E-state index in [0.717, 1.165) is 23.2 Å². The highest BCUT2D eigenvalue weighted by molar-refractivity contribution is 6.00. The molecule has 1 aliphatic rings. The Labute approximate surface area is 183 Å². The van der Waals surface area contributed by atoms with Crippen LogP contribution in [-0.4, -0.2) is 17.9 Å². The van der Waals surface area contributed by atoms with Crippen molar-refractivity contribution in [2.45, 2.75) is 45.3 Å². The van der Waals surface area contributed by atoms with Crippen LogP contribution in [-0.2, 0) is 14.3 Å². The third-order valence-electron chi connectivity index (χ3n) is 5.89. The molecule has 0 bridgehead atoms. The van der Waals surface area contributed by atoms with Crippen LogP contribution in [0.25, 0.3) is 0 Å². The van der Waals surface area contributed by atoms with Gasteiger partial charge in [-0.25, -0.2) is 0 Å². The van der Waals surface area contributed by atoms with Gasteiger partial charge in [0, 0.05) is 30.1 Å². The van der Waals surface area contributed by atoms with Crippen LogP contribution >= 0.6 is 0 Å². The normalized spacial score (nSPS) is 18.7. The smallest absolute Gasteiger partial charge is 0.303 e. The lowest BCUT2D eigenvalue weighted by Gasteiger charge is -2.41. The number of fused-ring (bicyclic) bond motifs is 1. The molecule has 0 fully saturated rings. The van der Waals surface area contributed by atoms with Gasteiger partial charge in [0.1, 0.15) is 0 Å². The third-order valence-corrected chi connectivity index (χ3v) is 5.89. The Morgan fingerprint density at radius 1 is 0.968 bits per heavy atom. The van der Waals surface area contributed by atoms with Crippen LogP contribution in [0.4, 0.5) is 5.69 Å². The van der Waals surface area contributed by atoms with E-state index in [-0.39, 0.29) is 17.9 Å². The molecule has 0 aliphatic carbocycles. The summed E-state index contributed by atoms with van der Waals surface area (Å²) in [5.74, 6) is -0.484. The fraction of sp³-hybridized carbons (Fsp3) is 0.259. The third kappa shape index (κ3) is 4.24. The van der Waals surface area contributed by atoms with Crippen LogP contribution in [0.5, 0.6) is 0 Å². The second-order valence-electron chi connectivity index (χ2n) is 8.22. The Morgan fingerprint density at radius 2 is 1.61 bits per heavy atom. The van der Waals surface area contributed by atoms with Crippen LogP contribution in [0, 0.1) is 6.92 Å². The maximum absolute atomic E-state index is 13.8. The Morgan fingerprint density at radius 3 is 2.26 bits per heavy atom. The molecule has 3 aromatic rings. The number of ether oxygens (including phenoxy) is 1. The van der Waals surface area contributed by atoms with E-state index in [4.69, 9.17) is 4.74 Å². The minimum atomic E-state index is -0.969. The average Bonchev–Trinajstić information content (AvgIpc) is 2.78. The zero-order valence-corrected chi connectivity index (χ0v) is 18.1. The highest BCUT2D eigenvalue weighted by atomic mass is 16.5. The van der Waals surface area contributed by atoms with Gasteiger partial charge in [0.25, 0.3) is 5.91 Å². The van der Waals surface area contributed by atoms with Crippen molar-refractivity contribution in [2.24, 2.45) is 0 Å². The van der Waals surface area contributed by atoms with E-state index in [0.29, 0.717) is 5.56 Å². The van der Waals surface area contributed by atoms with E-state index >= 15 is 0 Å². The topological polar surface area (TPSA) is 46.6 Å². The number of esters is 1. The Balaban J connectivity index is 1.78. The van der Waals surface area contributed by atoms with Gasteiger partial charge in [-0.05, 0) is 37.5 Å². The van der Waals surface area contributed by atoms with Crippen molar-refractivity contribution in [2.75, 3.05) is 4.90 Å². The Bertz CT molecular complexity index is 1080. The lowest BCUT2D eigenvalue weighted by atomic mass is 9.80. The number of aryl methyl sites for hydroxylation is 1. The molecule has 4 heteroatoms. The molecule has 3 aromatic carbocycles. The maximum Gasteiger partial charge on any atom is 0.303 e. The second kappa shape index (κ2) is 8.76. The number of benzene rings is 3. The van der Waals surface area contributed by atoms with Gasteiger partial charge in [0.2, 0.25) is 6.10 Å². The number of carbonyl (C=O) groups excluding carboxylic acids is 2. The van der Waals surface area contributed by atoms with Crippen molar-refractivity contribution in [1.29, 1.82) is 0 Å². The molecule has 3 atom stereocenters. The lowest BCUT2D eigenvalue weighted by Crippen LogP contribution is -2.46. The summed E-state index contributed by atoms with van der Waals surface area (Å²) in [7, 11) is 0. The molecule has 4 nitrogen and oxygen atoms in total. The van der Waals surface area contributed by atoms with Gasteiger partial charge in [0.15, 0.2) is 0 Å². The van der Waals surface area contributed by atoms with Gasteiger partial charge in [-0.2, -0.15) is 0 Å². The van der Waals surface area contributed by atoms with Crippen molar-refractivity contribution >= 4 is 17.6 Å². The van der Waals surface area contributed by atoms with E-state index in [1.54, 1.807) is 0 Å². The molecular weight excluding hydrogens is 386 g/mol. The van der Waals surface area contributed by atoms with Crippen molar-refractivity contribution in [3.63, 3.8) is 0 Å². The maximum atomic E-state index is 13.8. The first kappa shape index (κ1) is 20.9. The van der Waals surface area contributed by atoms with Crippen LogP contribution in [0.2, 0.25) is 0 Å². The fourth-order valence-corrected chi connectivity index (χ4v) is 4.50. The summed E-state index contributed by atoms with van der Waals surface area (Å²) in [4.78, 5) is 27.4. The van der Waals surface area contributed by atoms with E-state index in [2.05, 4.69) is 44.2 Å². The molecule has 0 saturated carbocycles. The van der Waals surface area contributed by atoms with Gasteiger partial charge in [0.05, 0.1) is 0 Å². The largest absolute Gasteiger partial charge is 0.447 e. The number of hydrogen-bond donors (Lipinski definition) is 0.